The number of furan rings is 1. The number of anilines is 1. The summed E-state index contributed by atoms with van der Waals surface area (Å²) in [6, 6.07) is 11.7. The standard InChI is InChI=1S/C21H26N4O2/c1-20(2,3)24-19-21(22-13-15-7-4-5-8-16(15)23-19)10-11-25(14-21)18(26)17-9-6-12-27-17/h4-9,12,22H,10-11,13-14H2,1-3H3,(H,23,24)/t21-/m0/s1. The van der Waals surface area contributed by atoms with Crippen LogP contribution in [0.1, 0.15) is 43.3 Å². The number of aliphatic imine (C=N–C) groups is 1. The van der Waals surface area contributed by atoms with Gasteiger partial charge in [-0.1, -0.05) is 18.2 Å². The van der Waals surface area contributed by atoms with Crippen LogP contribution in [0.3, 0.4) is 0 Å². The third kappa shape index (κ3) is 3.49. The van der Waals surface area contributed by atoms with Gasteiger partial charge in [-0.3, -0.25) is 15.1 Å². The van der Waals surface area contributed by atoms with Crippen LogP contribution in [0.15, 0.2) is 52.1 Å². The molecule has 1 saturated heterocycles. The number of carbonyl (C=O) groups excluding carboxylic acids is 1. The van der Waals surface area contributed by atoms with Crippen LogP contribution in [0.4, 0.5) is 5.69 Å². The molecule has 4 rings (SSSR count). The molecule has 2 N–H and O–H groups in total. The Morgan fingerprint density at radius 1 is 1.22 bits per heavy atom. The normalized spacial score (nSPS) is 24.0. The highest BCUT2D eigenvalue weighted by Gasteiger charge is 2.46. The summed E-state index contributed by atoms with van der Waals surface area (Å²) in [5.74, 6) is 1.21. The lowest BCUT2D eigenvalue weighted by molar-refractivity contribution is 0.0754. The van der Waals surface area contributed by atoms with Gasteiger partial charge in [-0.05, 0) is 51.0 Å². The minimum absolute atomic E-state index is 0.0736. The fourth-order valence-corrected chi connectivity index (χ4v) is 3.74. The van der Waals surface area contributed by atoms with Gasteiger partial charge >= 0.3 is 0 Å². The first kappa shape index (κ1) is 17.8. The van der Waals surface area contributed by atoms with Crippen LogP contribution >= 0.6 is 0 Å². The van der Waals surface area contributed by atoms with E-state index in [1.54, 1.807) is 12.1 Å². The highest BCUT2D eigenvalue weighted by Crippen LogP contribution is 2.31. The van der Waals surface area contributed by atoms with Gasteiger partial charge < -0.3 is 14.6 Å². The Balaban J connectivity index is 1.68. The molecule has 142 valence electrons. The highest BCUT2D eigenvalue weighted by molar-refractivity contribution is 6.05. The lowest BCUT2D eigenvalue weighted by atomic mass is 9.95. The maximum Gasteiger partial charge on any atom is 0.289 e. The second kappa shape index (κ2) is 6.53. The minimum Gasteiger partial charge on any atom is -0.459 e. The molecule has 27 heavy (non-hydrogen) atoms. The number of carbonyl (C=O) groups is 1. The van der Waals surface area contributed by atoms with Gasteiger partial charge in [0.2, 0.25) is 0 Å². The maximum absolute atomic E-state index is 12.8. The number of nitrogens with one attached hydrogen (secondary N) is 2. The Labute approximate surface area is 159 Å². The number of hydrogen-bond acceptors (Lipinski definition) is 4. The van der Waals surface area contributed by atoms with Crippen molar-refractivity contribution in [2.24, 2.45) is 4.99 Å². The van der Waals surface area contributed by atoms with Crippen molar-refractivity contribution in [1.29, 1.82) is 0 Å². The summed E-state index contributed by atoms with van der Waals surface area (Å²) < 4.78 is 5.31. The fraction of sp³-hybridized carbons (Fsp3) is 0.429. The second-order valence-corrected chi connectivity index (χ2v) is 8.30. The van der Waals surface area contributed by atoms with Gasteiger partial charge in [0.25, 0.3) is 5.91 Å². The number of rotatable bonds is 1. The van der Waals surface area contributed by atoms with E-state index in [2.05, 4.69) is 43.5 Å². The molecule has 3 heterocycles. The summed E-state index contributed by atoms with van der Waals surface area (Å²) in [6.07, 6.45) is 2.34. The Hall–Kier alpha value is -2.60. The first-order valence-corrected chi connectivity index (χ1v) is 9.39. The van der Waals surface area contributed by atoms with Crippen molar-refractivity contribution in [3.05, 3.63) is 54.0 Å². The van der Waals surface area contributed by atoms with Gasteiger partial charge in [0.15, 0.2) is 5.76 Å². The number of amidine groups is 1. The molecular formula is C21H26N4O2. The zero-order valence-corrected chi connectivity index (χ0v) is 16.1. The molecule has 1 aromatic heterocycles. The van der Waals surface area contributed by atoms with Crippen LogP contribution in [0.2, 0.25) is 0 Å². The van der Waals surface area contributed by atoms with E-state index in [9.17, 15) is 4.79 Å². The molecule has 0 radical (unpaired) electrons. The summed E-state index contributed by atoms with van der Waals surface area (Å²) in [6.45, 7) is 8.22. The number of hydrogen-bond donors (Lipinski definition) is 2. The largest absolute Gasteiger partial charge is 0.459 e. The summed E-state index contributed by atoms with van der Waals surface area (Å²) in [7, 11) is 0. The average Bonchev–Trinajstić information content (AvgIpc) is 3.27. The number of amides is 1. The van der Waals surface area contributed by atoms with Crippen molar-refractivity contribution in [3.63, 3.8) is 0 Å². The van der Waals surface area contributed by atoms with E-state index in [4.69, 9.17) is 9.41 Å². The van der Waals surface area contributed by atoms with E-state index in [1.807, 2.05) is 17.0 Å². The molecule has 2 aromatic rings. The molecule has 1 spiro atoms. The van der Waals surface area contributed by atoms with Crippen LogP contribution in [-0.2, 0) is 6.54 Å². The van der Waals surface area contributed by atoms with Gasteiger partial charge in [-0.15, -0.1) is 0 Å². The quantitative estimate of drug-likeness (QED) is 0.813. The predicted molar refractivity (Wildman–Crippen MR) is 106 cm³/mol. The molecule has 0 aliphatic carbocycles. The minimum atomic E-state index is -0.394. The Morgan fingerprint density at radius 2 is 2.04 bits per heavy atom. The van der Waals surface area contributed by atoms with Crippen LogP contribution in [0.5, 0.6) is 0 Å². The third-order valence-electron chi connectivity index (χ3n) is 5.08. The summed E-state index contributed by atoms with van der Waals surface area (Å²) in [5.41, 5.74) is 1.65. The van der Waals surface area contributed by atoms with Crippen LogP contribution in [-0.4, -0.2) is 40.8 Å². The van der Waals surface area contributed by atoms with Gasteiger partial charge in [-0.2, -0.15) is 0 Å². The first-order valence-electron chi connectivity index (χ1n) is 9.39. The van der Waals surface area contributed by atoms with Crippen LogP contribution in [0, 0.1) is 0 Å². The van der Waals surface area contributed by atoms with Crippen molar-refractivity contribution < 1.29 is 9.21 Å². The highest BCUT2D eigenvalue weighted by atomic mass is 16.3. The van der Waals surface area contributed by atoms with Crippen molar-refractivity contribution in [2.75, 3.05) is 18.4 Å². The molecule has 0 unspecified atom stereocenters. The molecule has 1 fully saturated rings. The number of fused-ring (bicyclic) bond motifs is 1. The number of para-hydroxylation sites is 1. The van der Waals surface area contributed by atoms with E-state index in [-0.39, 0.29) is 11.4 Å². The molecule has 0 saturated carbocycles. The van der Waals surface area contributed by atoms with Crippen LogP contribution < -0.4 is 10.6 Å². The molecule has 1 atom stereocenters. The summed E-state index contributed by atoms with van der Waals surface area (Å²) >= 11 is 0. The van der Waals surface area contributed by atoms with Gasteiger partial charge in [0.05, 0.1) is 17.3 Å². The average molecular weight is 366 g/mol. The SMILES string of the molecule is CC(C)(C)N=C1Nc2ccccc2CN[C@]12CCN(C(=O)c1ccco1)C2. The van der Waals surface area contributed by atoms with Crippen molar-refractivity contribution in [2.45, 2.75) is 44.8 Å². The van der Waals surface area contributed by atoms with Crippen LogP contribution in [0.25, 0.3) is 0 Å². The van der Waals surface area contributed by atoms with E-state index < -0.39 is 5.54 Å². The molecule has 2 aliphatic rings. The van der Waals surface area contributed by atoms with Crippen molar-refractivity contribution in [1.82, 2.24) is 10.2 Å². The molecule has 2 aliphatic heterocycles. The topological polar surface area (TPSA) is 69.9 Å². The number of nitrogens with zero attached hydrogens (tertiary/aromatic N) is 2. The Bertz CT molecular complexity index is 867. The summed E-state index contributed by atoms with van der Waals surface area (Å²) in [4.78, 5) is 19.6. The van der Waals surface area contributed by atoms with Crippen molar-refractivity contribution in [3.8, 4) is 0 Å². The third-order valence-corrected chi connectivity index (χ3v) is 5.08. The molecular weight excluding hydrogens is 340 g/mol. The van der Waals surface area contributed by atoms with Gasteiger partial charge in [0.1, 0.15) is 5.84 Å². The number of benzene rings is 1. The zero-order valence-electron chi connectivity index (χ0n) is 16.1. The monoisotopic (exact) mass is 366 g/mol. The lowest BCUT2D eigenvalue weighted by Crippen LogP contribution is -2.56. The second-order valence-electron chi connectivity index (χ2n) is 8.30. The van der Waals surface area contributed by atoms with Gasteiger partial charge in [-0.25, -0.2) is 0 Å². The molecule has 6 nitrogen and oxygen atoms in total. The summed E-state index contributed by atoms with van der Waals surface area (Å²) in [5, 5.41) is 7.27. The maximum atomic E-state index is 12.8. The lowest BCUT2D eigenvalue weighted by Gasteiger charge is -2.32. The van der Waals surface area contributed by atoms with Crippen molar-refractivity contribution >= 4 is 17.4 Å². The first-order chi connectivity index (χ1) is 12.9. The Morgan fingerprint density at radius 3 is 2.78 bits per heavy atom. The number of likely N-dealkylation sites (tertiary alicyclic amines) is 1. The fourth-order valence-electron chi connectivity index (χ4n) is 3.74. The predicted octanol–water partition coefficient (Wildman–Crippen LogP) is 3.28. The molecule has 1 amide bonds. The van der Waals surface area contributed by atoms with E-state index in [0.29, 0.717) is 18.8 Å². The van der Waals surface area contributed by atoms with E-state index in [1.165, 1.54) is 11.8 Å². The van der Waals surface area contributed by atoms with E-state index in [0.717, 1.165) is 24.5 Å². The van der Waals surface area contributed by atoms with E-state index >= 15 is 0 Å². The smallest absolute Gasteiger partial charge is 0.289 e. The zero-order chi connectivity index (χ0) is 19.1. The molecule has 6 heteroatoms. The van der Waals surface area contributed by atoms with Gasteiger partial charge in [0, 0.05) is 25.3 Å². The molecule has 0 bridgehead atoms. The Kier molecular flexibility index (Phi) is 4.30. The molecule has 1 aromatic carbocycles.